The molecule has 0 aliphatic rings. The number of hydrogen-bond donors (Lipinski definition) is 4. The lowest BCUT2D eigenvalue weighted by molar-refractivity contribution is 0.203. The Morgan fingerprint density at radius 2 is 1.91 bits per heavy atom. The summed E-state index contributed by atoms with van der Waals surface area (Å²) in [6, 6.07) is 9.69. The van der Waals surface area contributed by atoms with Crippen LogP contribution in [-0.2, 0) is 16.6 Å². The molecule has 0 fully saturated rings. The summed E-state index contributed by atoms with van der Waals surface area (Å²) in [6.45, 7) is 2.49. The number of carbonyl (C=O) groups is 1. The first-order valence-electron chi connectivity index (χ1n) is 10.3. The molecule has 4 N–H and O–H groups in total. The lowest BCUT2D eigenvalue weighted by Crippen LogP contribution is -2.34. The molecule has 0 unspecified atom stereocenters. The minimum absolute atomic E-state index is 0.0622. The van der Waals surface area contributed by atoms with Crippen LogP contribution in [0.1, 0.15) is 16.7 Å². The van der Waals surface area contributed by atoms with Crippen LogP contribution in [0.3, 0.4) is 0 Å². The molecule has 0 radical (unpaired) electrons. The maximum atomic E-state index is 12.7. The Bertz CT molecular complexity index is 1370. The maximum Gasteiger partial charge on any atom is 0.412 e. The van der Waals surface area contributed by atoms with Gasteiger partial charge in [0.2, 0.25) is 0 Å². The fourth-order valence-electron chi connectivity index (χ4n) is 3.27. The number of benzene rings is 2. The van der Waals surface area contributed by atoms with E-state index >= 15 is 0 Å². The van der Waals surface area contributed by atoms with Gasteiger partial charge in [0.25, 0.3) is 10.2 Å². The second-order valence-electron chi connectivity index (χ2n) is 7.39. The van der Waals surface area contributed by atoms with E-state index in [9.17, 15) is 18.0 Å². The molecular weight excluding hydrogens is 484 g/mol. The number of ether oxygens (including phenoxy) is 1. The molecule has 1 amide bonds. The van der Waals surface area contributed by atoms with Crippen molar-refractivity contribution in [1.29, 1.82) is 0 Å². The molecule has 0 saturated carbocycles. The lowest BCUT2D eigenvalue weighted by atomic mass is 9.99. The zero-order valence-electron chi connectivity index (χ0n) is 18.8. The van der Waals surface area contributed by atoms with Crippen molar-refractivity contribution in [3.8, 4) is 5.75 Å². The van der Waals surface area contributed by atoms with Gasteiger partial charge in [0, 0.05) is 43.6 Å². The van der Waals surface area contributed by atoms with Crippen molar-refractivity contribution in [3.63, 3.8) is 0 Å². The molecule has 3 aromatic rings. The van der Waals surface area contributed by atoms with Gasteiger partial charge in [-0.05, 0) is 43.3 Å². The van der Waals surface area contributed by atoms with Gasteiger partial charge >= 0.3 is 11.7 Å². The summed E-state index contributed by atoms with van der Waals surface area (Å²) < 4.78 is 39.8. The first-order chi connectivity index (χ1) is 16.1. The largest absolute Gasteiger partial charge is 0.422 e. The Balaban J connectivity index is 1.89. The Kier molecular flexibility index (Phi) is 8.15. The quantitative estimate of drug-likeness (QED) is 0.257. The van der Waals surface area contributed by atoms with Gasteiger partial charge in [0.1, 0.15) is 5.58 Å². The van der Waals surface area contributed by atoms with E-state index < -0.39 is 21.9 Å². The smallest absolute Gasteiger partial charge is 0.412 e. The number of fused-ring (bicyclic) bond motifs is 1. The molecule has 2 aromatic carbocycles. The van der Waals surface area contributed by atoms with Gasteiger partial charge in [0.15, 0.2) is 5.75 Å². The number of hydrogen-bond acceptors (Lipinski definition) is 7. The maximum absolute atomic E-state index is 12.7. The van der Waals surface area contributed by atoms with Gasteiger partial charge in [-0.3, -0.25) is 4.72 Å². The van der Waals surface area contributed by atoms with Crippen LogP contribution in [-0.4, -0.2) is 41.7 Å². The number of rotatable bonds is 9. The Morgan fingerprint density at radius 3 is 2.62 bits per heavy atom. The summed E-state index contributed by atoms with van der Waals surface area (Å²) in [5.41, 5.74) is 1.78. The monoisotopic (exact) mass is 508 g/mol. The van der Waals surface area contributed by atoms with E-state index in [0.29, 0.717) is 34.3 Å². The number of likely N-dealkylation sites (N-methyl/N-ethyl adjacent to an activating group) is 1. The van der Waals surface area contributed by atoms with E-state index in [0.717, 1.165) is 0 Å². The molecule has 1 aromatic heterocycles. The van der Waals surface area contributed by atoms with Crippen molar-refractivity contribution >= 4 is 44.6 Å². The number of halogens is 1. The van der Waals surface area contributed by atoms with Gasteiger partial charge in [-0.15, -0.1) is 0 Å². The number of carbonyl (C=O) groups excluding carboxylic acids is 1. The summed E-state index contributed by atoms with van der Waals surface area (Å²) in [7, 11) is -0.601. The normalized spacial score (nSPS) is 11.4. The predicted molar refractivity (Wildman–Crippen MR) is 131 cm³/mol. The molecule has 0 spiro atoms. The molecule has 0 aliphatic carbocycles. The number of aryl methyl sites for hydroxylation is 1. The summed E-state index contributed by atoms with van der Waals surface area (Å²) in [5.74, 6) is 0.0622. The highest BCUT2D eigenvalue weighted by Gasteiger charge is 2.17. The van der Waals surface area contributed by atoms with Gasteiger partial charge in [-0.2, -0.15) is 13.1 Å². The predicted octanol–water partition coefficient (Wildman–Crippen LogP) is 2.53. The van der Waals surface area contributed by atoms with Crippen LogP contribution in [0.25, 0.3) is 11.0 Å². The van der Waals surface area contributed by atoms with Crippen LogP contribution in [0.15, 0.2) is 45.6 Å². The van der Waals surface area contributed by atoms with Crippen LogP contribution in [0, 0.1) is 6.92 Å². The Morgan fingerprint density at radius 1 is 1.15 bits per heavy atom. The summed E-state index contributed by atoms with van der Waals surface area (Å²) in [5, 5.41) is 5.95. The van der Waals surface area contributed by atoms with E-state index in [1.54, 1.807) is 44.3 Å². The van der Waals surface area contributed by atoms with E-state index in [1.165, 1.54) is 13.1 Å². The van der Waals surface area contributed by atoms with Crippen molar-refractivity contribution in [1.82, 2.24) is 15.4 Å². The highest BCUT2D eigenvalue weighted by Crippen LogP contribution is 2.32. The van der Waals surface area contributed by atoms with Gasteiger partial charge in [0.05, 0.1) is 10.7 Å². The second-order valence-corrected chi connectivity index (χ2v) is 9.30. The molecule has 0 aliphatic heterocycles. The number of nitrogens with one attached hydrogen (secondary N) is 4. The molecule has 34 heavy (non-hydrogen) atoms. The molecule has 182 valence electrons. The highest BCUT2D eigenvalue weighted by atomic mass is 35.5. The van der Waals surface area contributed by atoms with Crippen molar-refractivity contribution in [2.75, 3.05) is 31.9 Å². The standard InChI is InChI=1S/C22H25ClN4O6S/c1-13-16-11-18(23)20(33-22(29)25-3)12-19(16)32-21(28)17(13)10-14-5-4-6-15(9-14)27-34(30,31)26-8-7-24-2/h4-6,9,11-12,24,26-27H,7-8,10H2,1-3H3,(H,25,29). The molecule has 10 nitrogen and oxygen atoms in total. The van der Waals surface area contributed by atoms with Gasteiger partial charge in [-0.1, -0.05) is 23.7 Å². The zero-order chi connectivity index (χ0) is 24.9. The third-order valence-electron chi connectivity index (χ3n) is 4.97. The summed E-state index contributed by atoms with van der Waals surface area (Å²) >= 11 is 6.26. The molecule has 12 heteroatoms. The van der Waals surface area contributed by atoms with E-state index in [2.05, 4.69) is 20.1 Å². The van der Waals surface area contributed by atoms with Gasteiger partial charge in [-0.25, -0.2) is 9.59 Å². The Labute approximate surface area is 201 Å². The van der Waals surface area contributed by atoms with E-state index in [1.807, 2.05) is 0 Å². The van der Waals surface area contributed by atoms with E-state index in [4.69, 9.17) is 20.8 Å². The van der Waals surface area contributed by atoms with Crippen LogP contribution < -0.4 is 30.4 Å². The molecule has 0 saturated heterocycles. The third kappa shape index (κ3) is 6.26. The molecule has 0 atom stereocenters. The zero-order valence-corrected chi connectivity index (χ0v) is 20.4. The average Bonchev–Trinajstić information content (AvgIpc) is 2.78. The molecule has 3 rings (SSSR count). The SMILES string of the molecule is CNCCNS(=O)(=O)Nc1cccc(Cc2c(C)c3cc(Cl)c(OC(=O)NC)cc3oc2=O)c1. The van der Waals surface area contributed by atoms with E-state index in [-0.39, 0.29) is 29.3 Å². The first kappa shape index (κ1) is 25.5. The first-order valence-corrected chi connectivity index (χ1v) is 12.2. The van der Waals surface area contributed by atoms with Crippen LogP contribution >= 0.6 is 11.6 Å². The van der Waals surface area contributed by atoms with Crippen molar-refractivity contribution in [2.45, 2.75) is 13.3 Å². The second kappa shape index (κ2) is 10.9. The highest BCUT2D eigenvalue weighted by molar-refractivity contribution is 7.90. The Hall–Kier alpha value is -3.12. The third-order valence-corrected chi connectivity index (χ3v) is 6.36. The minimum atomic E-state index is -3.74. The molecule has 1 heterocycles. The van der Waals surface area contributed by atoms with Gasteiger partial charge < -0.3 is 19.8 Å². The number of anilines is 1. The number of amides is 1. The van der Waals surface area contributed by atoms with Crippen LogP contribution in [0.2, 0.25) is 5.02 Å². The molecular formula is C22H25ClN4O6S. The fraction of sp³-hybridized carbons (Fsp3) is 0.273. The molecule has 0 bridgehead atoms. The average molecular weight is 509 g/mol. The minimum Gasteiger partial charge on any atom is -0.422 e. The van der Waals surface area contributed by atoms with Crippen LogP contribution in [0.4, 0.5) is 10.5 Å². The lowest BCUT2D eigenvalue weighted by Gasteiger charge is -2.12. The van der Waals surface area contributed by atoms with Crippen molar-refractivity contribution < 1.29 is 22.4 Å². The summed E-state index contributed by atoms with van der Waals surface area (Å²) in [4.78, 5) is 24.3. The topological polar surface area (TPSA) is 139 Å². The van der Waals surface area contributed by atoms with Crippen LogP contribution in [0.5, 0.6) is 5.75 Å². The fourth-order valence-corrected chi connectivity index (χ4v) is 4.36. The van der Waals surface area contributed by atoms with Crippen molar-refractivity contribution in [2.24, 2.45) is 0 Å². The van der Waals surface area contributed by atoms with Crippen molar-refractivity contribution in [3.05, 3.63) is 68.5 Å². The summed E-state index contributed by atoms with van der Waals surface area (Å²) in [6.07, 6.45) is -0.495.